The number of benzene rings is 3. The molecule has 1 spiro atoms. The summed E-state index contributed by atoms with van der Waals surface area (Å²) in [5, 5.41) is 11.2. The van der Waals surface area contributed by atoms with Crippen LogP contribution in [0.5, 0.6) is 11.5 Å². The predicted molar refractivity (Wildman–Crippen MR) is 332 cm³/mol. The van der Waals surface area contributed by atoms with E-state index in [1.54, 1.807) is 56.9 Å². The van der Waals surface area contributed by atoms with Crippen LogP contribution >= 0.6 is 11.3 Å². The number of halogens is 3. The first-order valence-electron chi connectivity index (χ1n) is 29.8. The molecule has 3 aromatic carbocycles. The molecule has 1 atom stereocenters. The van der Waals surface area contributed by atoms with Crippen LogP contribution in [-0.2, 0) is 50.0 Å². The molecule has 11 rings (SSSR count). The van der Waals surface area contributed by atoms with Crippen LogP contribution in [0.3, 0.4) is 0 Å². The molecular weight excluding hydrogens is 1170 g/mol. The number of esters is 1. The Kier molecular flexibility index (Phi) is 17.3. The van der Waals surface area contributed by atoms with Crippen LogP contribution in [0.4, 0.5) is 29.8 Å². The van der Waals surface area contributed by atoms with Crippen molar-refractivity contribution in [2.45, 2.75) is 116 Å². The van der Waals surface area contributed by atoms with Gasteiger partial charge >= 0.3 is 12.1 Å². The third-order valence-electron chi connectivity index (χ3n) is 17.0. The number of alkyl halides is 3. The van der Waals surface area contributed by atoms with E-state index in [0.717, 1.165) is 53.6 Å². The number of hydrogen-bond donors (Lipinski definition) is 2. The maximum absolute atomic E-state index is 15.3. The SMILES string of the molecule is COc1c(NC(=O)CN2CCC3(CC2)CC(COc2ccc(-c4ccc(N5CCc6ccnc(C(=O)N(COCC[Si](C)(C)C)c7nc8ccccc8s7)c6C5)nc4C(=O)OC(C)(C)C)c(C(F)(F)F)c2)C3)ccc2c(C3CCC(=O)NC3=O)nn(C)c12. The van der Waals surface area contributed by atoms with Crippen molar-refractivity contribution in [2.75, 3.05) is 68.4 Å². The van der Waals surface area contributed by atoms with Gasteiger partial charge in [0.15, 0.2) is 16.6 Å². The van der Waals surface area contributed by atoms with Crippen molar-refractivity contribution in [1.82, 2.24) is 34.9 Å². The van der Waals surface area contributed by atoms with Crippen molar-refractivity contribution >= 4 is 86.8 Å². The summed E-state index contributed by atoms with van der Waals surface area (Å²) in [6.45, 7) is 14.6. The number of hydrogen-bond acceptors (Lipinski definition) is 16. The van der Waals surface area contributed by atoms with E-state index in [4.69, 9.17) is 28.9 Å². The van der Waals surface area contributed by atoms with E-state index >= 15 is 13.2 Å². The maximum Gasteiger partial charge on any atom is 0.417 e. The number of piperidine rings is 2. The van der Waals surface area contributed by atoms with Crippen molar-refractivity contribution < 1.29 is 56.1 Å². The smallest absolute Gasteiger partial charge is 0.417 e. The predicted octanol–water partition coefficient (Wildman–Crippen LogP) is 11.2. The molecule has 2 saturated heterocycles. The van der Waals surface area contributed by atoms with Gasteiger partial charge < -0.3 is 29.2 Å². The summed E-state index contributed by atoms with van der Waals surface area (Å²) in [5.41, 5.74) is 1.54. The topological polar surface area (TPSA) is 213 Å². The Balaban J connectivity index is 0.744. The zero-order valence-electron chi connectivity index (χ0n) is 50.8. The van der Waals surface area contributed by atoms with Gasteiger partial charge in [-0.2, -0.15) is 18.3 Å². The third kappa shape index (κ3) is 13.4. The second-order valence-corrected chi connectivity index (χ2v) is 32.4. The number of likely N-dealkylation sites (tertiary alicyclic amines) is 1. The van der Waals surface area contributed by atoms with Gasteiger partial charge in [0, 0.05) is 63.9 Å². The Morgan fingerprint density at radius 2 is 1.68 bits per heavy atom. The van der Waals surface area contributed by atoms with Crippen molar-refractivity contribution in [1.29, 1.82) is 0 Å². The Labute approximate surface area is 513 Å². The number of thiazole rings is 1. The molecule has 2 N–H and O–H groups in total. The molecule has 3 fully saturated rings. The largest absolute Gasteiger partial charge is 0.493 e. The molecule has 4 amide bonds. The average molecular weight is 1240 g/mol. The van der Waals surface area contributed by atoms with E-state index < -0.39 is 49.1 Å². The van der Waals surface area contributed by atoms with Crippen LogP contribution in [0, 0.1) is 11.3 Å². The van der Waals surface area contributed by atoms with E-state index in [9.17, 15) is 24.0 Å². The molecule has 19 nitrogen and oxygen atoms in total. The lowest BCUT2D eigenvalue weighted by Crippen LogP contribution is -2.49. The number of carbonyl (C=O) groups is 5. The van der Waals surface area contributed by atoms with Crippen LogP contribution in [-0.4, -0.2) is 126 Å². The van der Waals surface area contributed by atoms with Gasteiger partial charge in [-0.3, -0.25) is 44.0 Å². The van der Waals surface area contributed by atoms with Crippen molar-refractivity contribution in [3.63, 3.8) is 0 Å². The number of imide groups is 1. The minimum absolute atomic E-state index is 0.0339. The van der Waals surface area contributed by atoms with E-state index in [1.165, 1.54) is 41.5 Å². The summed E-state index contributed by atoms with van der Waals surface area (Å²) in [5.74, 6) is -1.93. The van der Waals surface area contributed by atoms with Crippen LogP contribution < -0.4 is 29.9 Å². The zero-order chi connectivity index (χ0) is 62.5. The van der Waals surface area contributed by atoms with Crippen LogP contribution in [0.25, 0.3) is 32.2 Å². The number of para-hydroxylation sites is 1. The molecule has 1 aliphatic carbocycles. The summed E-state index contributed by atoms with van der Waals surface area (Å²) in [4.78, 5) is 86.7. The van der Waals surface area contributed by atoms with Gasteiger partial charge in [0.1, 0.15) is 35.1 Å². The van der Waals surface area contributed by atoms with Crippen LogP contribution in [0.1, 0.15) is 109 Å². The number of methoxy groups -OCH3 is 1. The lowest BCUT2D eigenvalue weighted by atomic mass is 9.58. The first-order valence-corrected chi connectivity index (χ1v) is 34.3. The highest BCUT2D eigenvalue weighted by molar-refractivity contribution is 7.22. The Bertz CT molecular complexity index is 3810. The number of nitrogens with zero attached hydrogens (tertiary/aromatic N) is 8. The fraction of sp³-hybridized carbons (Fsp3) is 0.453. The number of aromatic nitrogens is 5. The minimum atomic E-state index is -4.85. The highest BCUT2D eigenvalue weighted by atomic mass is 32.1. The first-order chi connectivity index (χ1) is 41.8. The van der Waals surface area contributed by atoms with E-state index in [2.05, 4.69) is 45.3 Å². The van der Waals surface area contributed by atoms with E-state index in [1.807, 2.05) is 35.2 Å². The molecule has 0 radical (unpaired) electrons. The lowest BCUT2D eigenvalue weighted by molar-refractivity contribution is -0.137. The normalized spacial score (nSPS) is 17.4. The Morgan fingerprint density at radius 1 is 0.920 bits per heavy atom. The molecule has 7 heterocycles. The summed E-state index contributed by atoms with van der Waals surface area (Å²) in [6.07, 6.45) is 1.20. The fourth-order valence-corrected chi connectivity index (χ4v) is 14.2. The minimum Gasteiger partial charge on any atom is -0.493 e. The monoisotopic (exact) mass is 1240 g/mol. The lowest BCUT2D eigenvalue weighted by Gasteiger charge is -2.52. The second-order valence-electron chi connectivity index (χ2n) is 25.8. The molecule has 88 heavy (non-hydrogen) atoms. The van der Waals surface area contributed by atoms with Gasteiger partial charge in [0.2, 0.25) is 17.7 Å². The molecule has 24 heteroatoms. The van der Waals surface area contributed by atoms with Gasteiger partial charge in [-0.15, -0.1) is 0 Å². The molecule has 7 aromatic rings. The highest BCUT2D eigenvalue weighted by Crippen LogP contribution is 2.53. The Morgan fingerprint density at radius 3 is 2.40 bits per heavy atom. The third-order valence-corrected chi connectivity index (χ3v) is 19.7. The fourth-order valence-electron chi connectivity index (χ4n) is 12.5. The highest BCUT2D eigenvalue weighted by Gasteiger charge is 2.46. The molecular formula is C64H73F3N10O9SSi. The Hall–Kier alpha value is -7.80. The number of carbonyl (C=O) groups excluding carboxylic acids is 5. The maximum atomic E-state index is 15.3. The van der Waals surface area contributed by atoms with Gasteiger partial charge in [-0.25, -0.2) is 14.8 Å². The number of pyridine rings is 2. The van der Waals surface area contributed by atoms with Gasteiger partial charge in [-0.1, -0.05) is 49.2 Å². The van der Waals surface area contributed by atoms with E-state index in [-0.39, 0.29) is 84.3 Å². The number of anilines is 3. The standard InChI is InChI=1S/C64H73F3N10O9SSi/c1-62(2,3)86-60(82)55-42(16-19-50(71-55)76-26-22-39-21-25-68-54(45(39)34-76)59(81)77(37-84-29-30-88(6,7)8)61-70-47-11-9-10-12-49(47)87-61)41-14-13-40(31-46(41)64(65,66)67)85-36-38-32-63(33-38)23-27-75(28-24-63)35-52(79)69-48-18-15-43-53(44-17-20-51(78)72-58(44)80)73-74(4)56(43)57(48)83-5/h9-16,18-19,21,25,31,38,44H,17,20,22-24,26-30,32-37H2,1-8H3,(H,69,79)(H,72,78,80). The van der Waals surface area contributed by atoms with E-state index in [0.29, 0.717) is 83.6 Å². The van der Waals surface area contributed by atoms with Crippen molar-refractivity contribution in [3.05, 3.63) is 113 Å². The number of fused-ring (bicyclic) bond motifs is 3. The molecule has 464 valence electrons. The van der Waals surface area contributed by atoms with Crippen LogP contribution in [0.2, 0.25) is 25.7 Å². The zero-order valence-corrected chi connectivity index (χ0v) is 52.6. The summed E-state index contributed by atoms with van der Waals surface area (Å²) in [7, 11) is 1.80. The molecule has 3 aliphatic heterocycles. The molecule has 1 saturated carbocycles. The molecule has 4 aromatic heterocycles. The summed E-state index contributed by atoms with van der Waals surface area (Å²) in [6, 6.07) is 20.8. The van der Waals surface area contributed by atoms with Gasteiger partial charge in [0.05, 0.1) is 53.3 Å². The second kappa shape index (κ2) is 24.6. The summed E-state index contributed by atoms with van der Waals surface area (Å²) < 4.78 is 72.3. The number of rotatable bonds is 18. The molecule has 1 unspecified atom stereocenters. The molecule has 0 bridgehead atoms. The number of aryl methyl sites for hydroxylation is 1. The van der Waals surface area contributed by atoms with Gasteiger partial charge in [0.25, 0.3) is 5.91 Å². The molecule has 4 aliphatic rings. The quantitative estimate of drug-likeness (QED) is 0.0269. The first kappa shape index (κ1) is 61.8. The number of nitrogens with one attached hydrogen (secondary N) is 2. The van der Waals surface area contributed by atoms with Crippen LogP contribution in [0.15, 0.2) is 79.0 Å². The number of ether oxygens (including phenoxy) is 4. The van der Waals surface area contributed by atoms with Crippen molar-refractivity contribution in [2.24, 2.45) is 18.4 Å². The summed E-state index contributed by atoms with van der Waals surface area (Å²) >= 11 is 1.38. The average Bonchev–Trinajstić information content (AvgIpc) is 2.73. The number of amides is 4. The van der Waals surface area contributed by atoms with Gasteiger partial charge in [-0.05, 0) is 155 Å². The van der Waals surface area contributed by atoms with Crippen molar-refractivity contribution in [3.8, 4) is 22.6 Å².